The number of para-hydroxylation sites is 2. The highest BCUT2D eigenvalue weighted by molar-refractivity contribution is 7.93. The first kappa shape index (κ1) is 13.4. The van der Waals surface area contributed by atoms with Crippen molar-refractivity contribution in [3.63, 3.8) is 0 Å². The van der Waals surface area contributed by atoms with Gasteiger partial charge in [0.05, 0.1) is 10.5 Å². The van der Waals surface area contributed by atoms with Crippen LogP contribution >= 0.6 is 0 Å². The smallest absolute Gasteiger partial charge is 0.159 e. The van der Waals surface area contributed by atoms with E-state index in [-0.39, 0.29) is 10.5 Å². The minimum Gasteiger partial charge on any atom is -0.455 e. The maximum absolute atomic E-state index is 12.3. The predicted molar refractivity (Wildman–Crippen MR) is 92.0 cm³/mol. The van der Waals surface area contributed by atoms with E-state index in [0.717, 1.165) is 45.9 Å². The lowest BCUT2D eigenvalue weighted by Gasteiger charge is -2.20. The number of hydrogen-bond donors (Lipinski definition) is 0. The van der Waals surface area contributed by atoms with Crippen LogP contribution in [0.15, 0.2) is 53.0 Å². The van der Waals surface area contributed by atoms with Crippen LogP contribution in [0.3, 0.4) is 0 Å². The van der Waals surface area contributed by atoms with Crippen molar-refractivity contribution in [3.8, 4) is 0 Å². The molecule has 116 valence electrons. The Morgan fingerprint density at radius 1 is 0.957 bits per heavy atom. The van der Waals surface area contributed by atoms with Crippen molar-refractivity contribution in [3.05, 3.63) is 54.1 Å². The van der Waals surface area contributed by atoms with Crippen LogP contribution in [0.1, 0.15) is 24.8 Å². The molecular formula is C19H16O3S. The third-order valence-corrected chi connectivity index (χ3v) is 7.79. The number of benzene rings is 2. The van der Waals surface area contributed by atoms with Crippen molar-refractivity contribution >= 4 is 37.3 Å². The lowest BCUT2D eigenvalue weighted by atomic mass is 9.98. The van der Waals surface area contributed by atoms with Gasteiger partial charge in [0.1, 0.15) is 11.2 Å². The van der Waals surface area contributed by atoms with E-state index in [1.54, 1.807) is 0 Å². The topological polar surface area (TPSA) is 47.3 Å². The van der Waals surface area contributed by atoms with E-state index in [9.17, 15) is 8.42 Å². The Morgan fingerprint density at radius 3 is 2.65 bits per heavy atom. The molecule has 0 spiro atoms. The third-order valence-electron chi connectivity index (χ3n) is 5.24. The average Bonchev–Trinajstić information content (AvgIpc) is 2.94. The minimum absolute atomic E-state index is 0.216. The molecule has 0 saturated carbocycles. The molecule has 0 radical (unpaired) electrons. The van der Waals surface area contributed by atoms with Gasteiger partial charge in [-0.3, -0.25) is 0 Å². The molecule has 2 aromatic carbocycles. The van der Waals surface area contributed by atoms with Gasteiger partial charge in [0.15, 0.2) is 9.84 Å². The normalized spacial score (nSPS) is 25.8. The monoisotopic (exact) mass is 324 g/mol. The summed E-state index contributed by atoms with van der Waals surface area (Å²) < 4.78 is 30.7. The van der Waals surface area contributed by atoms with Crippen molar-refractivity contribution in [2.45, 2.75) is 29.8 Å². The molecular weight excluding hydrogens is 308 g/mol. The van der Waals surface area contributed by atoms with Crippen LogP contribution in [0.4, 0.5) is 0 Å². The summed E-state index contributed by atoms with van der Waals surface area (Å²) in [5.41, 5.74) is 3.92. The van der Waals surface area contributed by atoms with Gasteiger partial charge < -0.3 is 4.42 Å². The minimum atomic E-state index is -2.95. The zero-order valence-corrected chi connectivity index (χ0v) is 13.3. The summed E-state index contributed by atoms with van der Waals surface area (Å²) in [5, 5.41) is 1.68. The van der Waals surface area contributed by atoms with Crippen LogP contribution < -0.4 is 0 Å². The number of fused-ring (bicyclic) bond motifs is 5. The molecule has 3 aromatic rings. The number of sulfone groups is 1. The molecule has 1 aromatic heterocycles. The van der Waals surface area contributed by atoms with Gasteiger partial charge in [-0.2, -0.15) is 0 Å². The van der Waals surface area contributed by atoms with Crippen LogP contribution in [-0.2, 0) is 9.84 Å². The Morgan fingerprint density at radius 2 is 1.78 bits per heavy atom. The second-order valence-corrected chi connectivity index (χ2v) is 8.95. The molecule has 2 aliphatic heterocycles. The van der Waals surface area contributed by atoms with Gasteiger partial charge >= 0.3 is 0 Å². The molecule has 23 heavy (non-hydrogen) atoms. The Hall–Kier alpha value is -2.07. The van der Waals surface area contributed by atoms with Crippen molar-refractivity contribution in [1.82, 2.24) is 0 Å². The average molecular weight is 324 g/mol. The second kappa shape index (κ2) is 4.48. The molecule has 2 bridgehead atoms. The summed E-state index contributed by atoms with van der Waals surface area (Å²) >= 11 is 0. The van der Waals surface area contributed by atoms with Crippen molar-refractivity contribution in [2.75, 3.05) is 0 Å². The van der Waals surface area contributed by atoms with Gasteiger partial charge in [-0.05, 0) is 30.9 Å². The van der Waals surface area contributed by atoms with Gasteiger partial charge in [0, 0.05) is 16.3 Å². The molecule has 0 N–H and O–H groups in total. The lowest BCUT2D eigenvalue weighted by molar-refractivity contribution is 0.585. The molecule has 3 heterocycles. The molecule has 0 amide bonds. The SMILES string of the molecule is O=S1(=O)C2C=C(c3cccc4c3oc3ccccc34)CC1CC2. The van der Waals surface area contributed by atoms with Crippen LogP contribution in [0.25, 0.3) is 27.5 Å². The highest BCUT2D eigenvalue weighted by Gasteiger charge is 2.43. The fraction of sp³-hybridized carbons (Fsp3) is 0.263. The van der Waals surface area contributed by atoms with Crippen LogP contribution in [0.5, 0.6) is 0 Å². The molecule has 3 nitrogen and oxygen atoms in total. The molecule has 4 heteroatoms. The number of furan rings is 1. The van der Waals surface area contributed by atoms with Crippen LogP contribution in [0, 0.1) is 0 Å². The van der Waals surface area contributed by atoms with E-state index in [0.29, 0.717) is 6.42 Å². The maximum atomic E-state index is 12.3. The summed E-state index contributed by atoms with van der Waals surface area (Å²) in [5.74, 6) is 0. The molecule has 5 rings (SSSR count). The summed E-state index contributed by atoms with van der Waals surface area (Å²) in [6.07, 6.45) is 4.10. The highest BCUT2D eigenvalue weighted by atomic mass is 32.2. The predicted octanol–water partition coefficient (Wildman–Crippen LogP) is 4.32. The number of hydrogen-bond acceptors (Lipinski definition) is 3. The van der Waals surface area contributed by atoms with Crippen molar-refractivity contribution in [2.24, 2.45) is 0 Å². The molecule has 2 atom stereocenters. The largest absolute Gasteiger partial charge is 0.455 e. The Balaban J connectivity index is 1.76. The lowest BCUT2D eigenvalue weighted by Crippen LogP contribution is -2.26. The second-order valence-electron chi connectivity index (χ2n) is 6.50. The molecule has 1 fully saturated rings. The fourth-order valence-corrected chi connectivity index (χ4v) is 6.25. The Bertz CT molecular complexity index is 1070. The zero-order chi connectivity index (χ0) is 15.6. The summed E-state index contributed by atoms with van der Waals surface area (Å²) in [4.78, 5) is 0. The molecule has 1 saturated heterocycles. The van der Waals surface area contributed by atoms with Crippen molar-refractivity contribution in [1.29, 1.82) is 0 Å². The van der Waals surface area contributed by atoms with Gasteiger partial charge in [0.2, 0.25) is 0 Å². The Labute approximate surface area is 134 Å². The summed E-state index contributed by atoms with van der Waals surface area (Å²) in [7, 11) is -2.95. The van der Waals surface area contributed by atoms with E-state index in [1.807, 2.05) is 36.4 Å². The highest BCUT2D eigenvalue weighted by Crippen LogP contribution is 2.43. The van der Waals surface area contributed by atoms with Crippen molar-refractivity contribution < 1.29 is 12.8 Å². The van der Waals surface area contributed by atoms with Gasteiger partial charge in [0.25, 0.3) is 0 Å². The fourth-order valence-electron chi connectivity index (χ4n) is 4.06. The van der Waals surface area contributed by atoms with E-state index >= 15 is 0 Å². The zero-order valence-electron chi connectivity index (χ0n) is 12.5. The van der Waals surface area contributed by atoms with Gasteiger partial charge in [-0.1, -0.05) is 42.5 Å². The van der Waals surface area contributed by atoms with Crippen LogP contribution in [0.2, 0.25) is 0 Å². The standard InChI is InChI=1S/C19H16O3S/c20-23(21)13-8-9-14(23)11-12(10-13)15-5-3-6-17-16-4-1-2-7-18(16)22-19(15)17/h1-7,10,13-14H,8-9,11H2. The Kier molecular flexibility index (Phi) is 2.61. The van der Waals surface area contributed by atoms with E-state index in [1.165, 1.54) is 0 Å². The first-order valence-electron chi connectivity index (χ1n) is 7.98. The maximum Gasteiger partial charge on any atom is 0.159 e. The van der Waals surface area contributed by atoms with Gasteiger partial charge in [-0.15, -0.1) is 0 Å². The molecule has 2 unspecified atom stereocenters. The first-order valence-corrected chi connectivity index (χ1v) is 9.59. The van der Waals surface area contributed by atoms with Crippen LogP contribution in [-0.4, -0.2) is 18.9 Å². The number of rotatable bonds is 1. The summed E-state index contributed by atoms with van der Waals surface area (Å²) in [6, 6.07) is 14.2. The quantitative estimate of drug-likeness (QED) is 0.670. The molecule has 0 aliphatic carbocycles. The molecule has 2 aliphatic rings. The summed E-state index contributed by atoms with van der Waals surface area (Å²) in [6.45, 7) is 0. The van der Waals surface area contributed by atoms with E-state index in [2.05, 4.69) is 12.1 Å². The van der Waals surface area contributed by atoms with E-state index in [4.69, 9.17) is 4.42 Å². The first-order chi connectivity index (χ1) is 11.1. The number of allylic oxidation sites excluding steroid dienone is 1. The third kappa shape index (κ3) is 1.78. The van der Waals surface area contributed by atoms with E-state index < -0.39 is 9.84 Å². The van der Waals surface area contributed by atoms with Gasteiger partial charge in [-0.25, -0.2) is 8.42 Å².